The predicted octanol–water partition coefficient (Wildman–Crippen LogP) is 1.98. The van der Waals surface area contributed by atoms with Gasteiger partial charge in [-0.15, -0.1) is 0 Å². The Kier molecular flexibility index (Phi) is 6.01. The maximum absolute atomic E-state index is 11.4. The number of hydrogen-bond acceptors (Lipinski definition) is 2. The zero-order chi connectivity index (χ0) is 9.72. The van der Waals surface area contributed by atoms with Crippen LogP contribution >= 0.6 is 27.7 Å². The normalized spacial score (nSPS) is 15.4. The second kappa shape index (κ2) is 5.86. The third-order valence-electron chi connectivity index (χ3n) is 1.76. The van der Waals surface area contributed by atoms with E-state index in [4.69, 9.17) is 0 Å². The fraction of sp³-hybridized carbons (Fsp3) is 0.875. The van der Waals surface area contributed by atoms with Gasteiger partial charge in [0, 0.05) is 18.8 Å². The quantitative estimate of drug-likeness (QED) is 0.715. The van der Waals surface area contributed by atoms with Gasteiger partial charge in [0.05, 0.1) is 4.83 Å². The molecule has 0 aliphatic heterocycles. The second-order valence-corrected chi connectivity index (χ2v) is 5.15. The molecule has 0 saturated heterocycles. The Bertz CT molecular complexity index is 152. The van der Waals surface area contributed by atoms with Crippen molar-refractivity contribution in [2.75, 3.05) is 19.1 Å². The number of hydrogen-bond donors (Lipinski definition) is 0. The van der Waals surface area contributed by atoms with E-state index in [2.05, 4.69) is 22.9 Å². The van der Waals surface area contributed by atoms with E-state index in [0.29, 0.717) is 6.04 Å². The van der Waals surface area contributed by atoms with Crippen LogP contribution in [0.1, 0.15) is 13.8 Å². The lowest BCUT2D eigenvalue weighted by Gasteiger charge is -2.25. The Morgan fingerprint density at radius 3 is 2.42 bits per heavy atom. The second-order valence-electron chi connectivity index (χ2n) is 2.87. The van der Waals surface area contributed by atoms with Gasteiger partial charge < -0.3 is 4.90 Å². The highest BCUT2D eigenvalue weighted by Gasteiger charge is 2.18. The molecule has 0 radical (unpaired) electrons. The fourth-order valence-electron chi connectivity index (χ4n) is 0.851. The van der Waals surface area contributed by atoms with Crippen LogP contribution in [0.25, 0.3) is 0 Å². The van der Waals surface area contributed by atoms with Crippen molar-refractivity contribution in [3.8, 4) is 0 Å². The van der Waals surface area contributed by atoms with Gasteiger partial charge in [-0.3, -0.25) is 4.79 Å². The van der Waals surface area contributed by atoms with Gasteiger partial charge in [-0.05, 0) is 20.1 Å². The highest BCUT2D eigenvalue weighted by atomic mass is 79.9. The molecule has 2 atom stereocenters. The maximum Gasteiger partial charge on any atom is 0.236 e. The summed E-state index contributed by atoms with van der Waals surface area (Å²) in [7, 11) is 1.85. The van der Waals surface area contributed by atoms with E-state index >= 15 is 0 Å². The van der Waals surface area contributed by atoms with Crippen LogP contribution in [0.4, 0.5) is 0 Å². The zero-order valence-corrected chi connectivity index (χ0v) is 10.4. The van der Waals surface area contributed by atoms with Crippen LogP contribution in [0.15, 0.2) is 0 Å². The van der Waals surface area contributed by atoms with Crippen molar-refractivity contribution in [2.24, 2.45) is 0 Å². The third-order valence-corrected chi connectivity index (χ3v) is 2.96. The molecule has 0 aliphatic rings. The van der Waals surface area contributed by atoms with Crippen LogP contribution in [-0.2, 0) is 4.79 Å². The average molecular weight is 254 g/mol. The van der Waals surface area contributed by atoms with Crippen molar-refractivity contribution in [1.29, 1.82) is 0 Å². The minimum absolute atomic E-state index is 0.0770. The molecule has 0 saturated carbocycles. The Balaban J connectivity index is 4.00. The van der Waals surface area contributed by atoms with Crippen molar-refractivity contribution in [1.82, 2.24) is 4.90 Å². The molecule has 0 spiro atoms. The van der Waals surface area contributed by atoms with E-state index < -0.39 is 0 Å². The van der Waals surface area contributed by atoms with Crippen molar-refractivity contribution in [3.63, 3.8) is 0 Å². The lowest BCUT2D eigenvalue weighted by atomic mass is 10.3. The monoisotopic (exact) mass is 253 g/mol. The molecule has 0 bridgehead atoms. The van der Waals surface area contributed by atoms with Gasteiger partial charge in [0.15, 0.2) is 0 Å². The number of halogens is 1. The summed E-state index contributed by atoms with van der Waals surface area (Å²) in [6, 6.07) is 0.312. The summed E-state index contributed by atoms with van der Waals surface area (Å²) in [4.78, 5) is 13.1. The Morgan fingerprint density at radius 1 is 1.58 bits per heavy atom. The molecule has 0 rings (SSSR count). The van der Waals surface area contributed by atoms with Crippen LogP contribution in [0, 0.1) is 0 Å². The number of amides is 1. The van der Waals surface area contributed by atoms with Gasteiger partial charge in [0.2, 0.25) is 5.91 Å². The van der Waals surface area contributed by atoms with Crippen molar-refractivity contribution in [2.45, 2.75) is 24.7 Å². The maximum atomic E-state index is 11.4. The molecule has 4 heteroatoms. The van der Waals surface area contributed by atoms with E-state index in [0.717, 1.165) is 5.75 Å². The first kappa shape index (κ1) is 12.3. The van der Waals surface area contributed by atoms with Crippen molar-refractivity contribution < 1.29 is 4.79 Å². The molecule has 0 aliphatic carbocycles. The predicted molar refractivity (Wildman–Crippen MR) is 59.0 cm³/mol. The molecule has 12 heavy (non-hydrogen) atoms. The number of carbonyl (C=O) groups excluding carboxylic acids is 1. The first-order chi connectivity index (χ1) is 5.50. The van der Waals surface area contributed by atoms with Gasteiger partial charge in [-0.2, -0.15) is 11.8 Å². The molecule has 1 amide bonds. The van der Waals surface area contributed by atoms with Gasteiger partial charge in [0.1, 0.15) is 0 Å². The SMILES string of the molecule is CSCC(C)N(C)C(=O)C(C)Br. The number of nitrogens with zero attached hydrogens (tertiary/aromatic N) is 1. The molecule has 2 nitrogen and oxygen atoms in total. The van der Waals surface area contributed by atoms with Crippen molar-refractivity contribution >= 4 is 33.6 Å². The fourth-order valence-corrected chi connectivity index (χ4v) is 1.88. The summed E-state index contributed by atoms with van der Waals surface area (Å²) in [6.45, 7) is 3.91. The van der Waals surface area contributed by atoms with Gasteiger partial charge in [0.25, 0.3) is 0 Å². The highest BCUT2D eigenvalue weighted by Crippen LogP contribution is 2.08. The summed E-state index contributed by atoms with van der Waals surface area (Å²) in [5.74, 6) is 1.14. The molecule has 0 aromatic carbocycles. The van der Waals surface area contributed by atoms with Crippen molar-refractivity contribution in [3.05, 3.63) is 0 Å². The van der Waals surface area contributed by atoms with Gasteiger partial charge >= 0.3 is 0 Å². The molecule has 2 unspecified atom stereocenters. The molecular weight excluding hydrogens is 238 g/mol. The number of rotatable bonds is 4. The third kappa shape index (κ3) is 3.81. The Hall–Kier alpha value is 0.300. The summed E-state index contributed by atoms with van der Waals surface area (Å²) in [5, 5.41) is 0. The number of carbonyl (C=O) groups is 1. The molecule has 0 fully saturated rings. The minimum Gasteiger partial charge on any atom is -0.341 e. The van der Waals surface area contributed by atoms with E-state index in [9.17, 15) is 4.79 Å². The minimum atomic E-state index is -0.0770. The molecule has 72 valence electrons. The van der Waals surface area contributed by atoms with Crippen LogP contribution < -0.4 is 0 Å². The van der Waals surface area contributed by atoms with E-state index in [1.54, 1.807) is 16.7 Å². The van der Waals surface area contributed by atoms with Gasteiger partial charge in [-0.25, -0.2) is 0 Å². The van der Waals surface area contributed by atoms with Crippen LogP contribution in [-0.4, -0.2) is 40.7 Å². The zero-order valence-electron chi connectivity index (χ0n) is 8.00. The average Bonchev–Trinajstić information content (AvgIpc) is 2.02. The molecule has 0 aromatic rings. The van der Waals surface area contributed by atoms with Crippen LogP contribution in [0.2, 0.25) is 0 Å². The molecule has 0 heterocycles. The van der Waals surface area contributed by atoms with Gasteiger partial charge in [-0.1, -0.05) is 15.9 Å². The topological polar surface area (TPSA) is 20.3 Å². The van der Waals surface area contributed by atoms with Crippen LogP contribution in [0.5, 0.6) is 0 Å². The Morgan fingerprint density at radius 2 is 2.08 bits per heavy atom. The summed E-state index contributed by atoms with van der Waals surface area (Å²) in [6.07, 6.45) is 2.05. The highest BCUT2D eigenvalue weighted by molar-refractivity contribution is 9.10. The molecular formula is C8H16BrNOS. The summed E-state index contributed by atoms with van der Waals surface area (Å²) in [5.41, 5.74) is 0. The standard InChI is InChI=1S/C8H16BrNOS/c1-6(5-12-4)10(3)8(11)7(2)9/h6-7H,5H2,1-4H3. The lowest BCUT2D eigenvalue weighted by molar-refractivity contribution is -0.130. The van der Waals surface area contributed by atoms with E-state index in [1.165, 1.54) is 0 Å². The first-order valence-corrected chi connectivity index (χ1v) is 6.21. The van der Waals surface area contributed by atoms with Crippen LogP contribution in [0.3, 0.4) is 0 Å². The lowest BCUT2D eigenvalue weighted by Crippen LogP contribution is -2.39. The number of thioether (sulfide) groups is 1. The molecule has 0 N–H and O–H groups in total. The number of alkyl halides is 1. The summed E-state index contributed by atoms with van der Waals surface area (Å²) >= 11 is 5.02. The smallest absolute Gasteiger partial charge is 0.236 e. The van der Waals surface area contributed by atoms with E-state index in [1.807, 2.05) is 20.2 Å². The Labute approximate surface area is 87.2 Å². The first-order valence-electron chi connectivity index (χ1n) is 3.90. The largest absolute Gasteiger partial charge is 0.341 e. The summed E-state index contributed by atoms with van der Waals surface area (Å²) < 4.78 is 0. The van der Waals surface area contributed by atoms with E-state index in [-0.39, 0.29) is 10.7 Å². The molecule has 0 aromatic heterocycles.